The van der Waals surface area contributed by atoms with Gasteiger partial charge in [-0.3, -0.25) is 0 Å². The van der Waals surface area contributed by atoms with Gasteiger partial charge in [0.15, 0.2) is 0 Å². The molecule has 21 heavy (non-hydrogen) atoms. The average Bonchev–Trinajstić information content (AvgIpc) is 2.45. The Morgan fingerprint density at radius 2 is 2.00 bits per heavy atom. The van der Waals surface area contributed by atoms with Crippen molar-refractivity contribution in [1.82, 2.24) is 4.72 Å². The van der Waals surface area contributed by atoms with Crippen LogP contribution in [0, 0.1) is 0 Å². The Morgan fingerprint density at radius 3 is 2.52 bits per heavy atom. The van der Waals surface area contributed by atoms with Gasteiger partial charge < -0.3 is 10.4 Å². The maximum absolute atomic E-state index is 12.3. The van der Waals surface area contributed by atoms with Gasteiger partial charge >= 0.3 is 5.97 Å². The number of hydrogen-bond acceptors (Lipinski definition) is 4. The molecule has 118 valence electrons. The standard InChI is InChI=1S/C14H22N2O4S/c1-4-8-15-21(19,20)13-9-11(14(17)18)6-7-12(13)16-10(3)5-2/h6-7,9-10,15-16H,4-5,8H2,1-3H3,(H,17,18). The van der Waals surface area contributed by atoms with Gasteiger partial charge in [-0.15, -0.1) is 0 Å². The maximum Gasteiger partial charge on any atom is 0.335 e. The summed E-state index contributed by atoms with van der Waals surface area (Å²) in [6.07, 6.45) is 1.48. The lowest BCUT2D eigenvalue weighted by molar-refractivity contribution is 0.0696. The first kappa shape index (κ1) is 17.5. The fraction of sp³-hybridized carbons (Fsp3) is 0.500. The van der Waals surface area contributed by atoms with Crippen LogP contribution in [0.1, 0.15) is 44.0 Å². The molecule has 0 heterocycles. The molecule has 0 spiro atoms. The summed E-state index contributed by atoms with van der Waals surface area (Å²) in [5, 5.41) is 12.1. The number of aromatic carboxylic acids is 1. The van der Waals surface area contributed by atoms with E-state index in [0.717, 1.165) is 6.42 Å². The van der Waals surface area contributed by atoms with Gasteiger partial charge in [-0.2, -0.15) is 0 Å². The Bertz CT molecular complexity index is 599. The number of benzene rings is 1. The van der Waals surface area contributed by atoms with Gasteiger partial charge in [-0.05, 0) is 38.0 Å². The van der Waals surface area contributed by atoms with Crippen molar-refractivity contribution >= 4 is 21.7 Å². The lowest BCUT2D eigenvalue weighted by Crippen LogP contribution is -2.26. The minimum absolute atomic E-state index is 0.0313. The lowest BCUT2D eigenvalue weighted by atomic mass is 10.2. The summed E-state index contributed by atoms with van der Waals surface area (Å²) >= 11 is 0. The first-order valence-corrected chi connectivity index (χ1v) is 8.43. The van der Waals surface area contributed by atoms with Gasteiger partial charge in [0, 0.05) is 12.6 Å². The van der Waals surface area contributed by atoms with Gasteiger partial charge in [0.1, 0.15) is 4.90 Å². The molecule has 6 nitrogen and oxygen atoms in total. The van der Waals surface area contributed by atoms with E-state index in [0.29, 0.717) is 18.7 Å². The zero-order chi connectivity index (χ0) is 16.0. The van der Waals surface area contributed by atoms with Crippen molar-refractivity contribution in [2.45, 2.75) is 44.6 Å². The quantitative estimate of drug-likeness (QED) is 0.684. The molecule has 0 aliphatic heterocycles. The molecule has 0 radical (unpaired) electrons. The van der Waals surface area contributed by atoms with E-state index in [-0.39, 0.29) is 16.5 Å². The Hall–Kier alpha value is -1.60. The summed E-state index contributed by atoms with van der Waals surface area (Å²) in [6.45, 7) is 6.07. The minimum Gasteiger partial charge on any atom is -0.478 e. The highest BCUT2D eigenvalue weighted by molar-refractivity contribution is 7.89. The fourth-order valence-corrected chi connectivity index (χ4v) is 3.01. The number of rotatable bonds is 8. The number of anilines is 1. The Morgan fingerprint density at radius 1 is 1.33 bits per heavy atom. The smallest absolute Gasteiger partial charge is 0.335 e. The van der Waals surface area contributed by atoms with Crippen LogP contribution in [0.25, 0.3) is 0 Å². The van der Waals surface area contributed by atoms with Crippen molar-refractivity contribution in [3.8, 4) is 0 Å². The Kier molecular flexibility index (Phi) is 6.17. The summed E-state index contributed by atoms with van der Waals surface area (Å²) in [5.74, 6) is -1.16. The third kappa shape index (κ3) is 4.71. The normalized spacial score (nSPS) is 12.9. The molecule has 0 aliphatic rings. The van der Waals surface area contributed by atoms with Crippen LogP contribution in [0.15, 0.2) is 23.1 Å². The highest BCUT2D eigenvalue weighted by atomic mass is 32.2. The van der Waals surface area contributed by atoms with Crippen LogP contribution < -0.4 is 10.0 Å². The maximum atomic E-state index is 12.3. The fourth-order valence-electron chi connectivity index (χ4n) is 1.68. The molecule has 0 saturated carbocycles. The van der Waals surface area contributed by atoms with Crippen LogP contribution in [0.2, 0.25) is 0 Å². The van der Waals surface area contributed by atoms with Crippen LogP contribution in [-0.4, -0.2) is 32.1 Å². The second-order valence-electron chi connectivity index (χ2n) is 4.87. The number of sulfonamides is 1. The van der Waals surface area contributed by atoms with Gasteiger partial charge in [0.05, 0.1) is 11.3 Å². The molecule has 1 unspecified atom stereocenters. The van der Waals surface area contributed by atoms with E-state index in [1.807, 2.05) is 20.8 Å². The van der Waals surface area contributed by atoms with Gasteiger partial charge in [-0.1, -0.05) is 13.8 Å². The van der Waals surface area contributed by atoms with Crippen LogP contribution >= 0.6 is 0 Å². The van der Waals surface area contributed by atoms with E-state index in [2.05, 4.69) is 10.0 Å². The molecule has 1 aromatic rings. The SMILES string of the molecule is CCCNS(=O)(=O)c1cc(C(=O)O)ccc1NC(C)CC. The molecule has 7 heteroatoms. The van der Waals surface area contributed by atoms with Crippen molar-refractivity contribution < 1.29 is 18.3 Å². The van der Waals surface area contributed by atoms with Crippen molar-refractivity contribution in [2.75, 3.05) is 11.9 Å². The van der Waals surface area contributed by atoms with Crippen molar-refractivity contribution in [3.05, 3.63) is 23.8 Å². The number of nitrogens with one attached hydrogen (secondary N) is 2. The first-order chi connectivity index (χ1) is 9.81. The summed E-state index contributed by atoms with van der Waals surface area (Å²) in [6, 6.07) is 4.16. The van der Waals surface area contributed by atoms with E-state index in [9.17, 15) is 13.2 Å². The predicted octanol–water partition coefficient (Wildman–Crippen LogP) is 2.28. The zero-order valence-corrected chi connectivity index (χ0v) is 13.3. The van der Waals surface area contributed by atoms with Crippen molar-refractivity contribution in [3.63, 3.8) is 0 Å². The summed E-state index contributed by atoms with van der Waals surface area (Å²) in [4.78, 5) is 11.0. The molecule has 0 aliphatic carbocycles. The molecule has 0 saturated heterocycles. The molecule has 1 rings (SSSR count). The monoisotopic (exact) mass is 314 g/mol. The van der Waals surface area contributed by atoms with Crippen LogP contribution in [0.3, 0.4) is 0 Å². The summed E-state index contributed by atoms with van der Waals surface area (Å²) < 4.78 is 27.1. The van der Waals surface area contributed by atoms with E-state index in [1.165, 1.54) is 18.2 Å². The lowest BCUT2D eigenvalue weighted by Gasteiger charge is -2.17. The molecule has 1 atom stereocenters. The molecule has 0 bridgehead atoms. The van der Waals surface area contributed by atoms with Crippen LogP contribution in [0.5, 0.6) is 0 Å². The highest BCUT2D eigenvalue weighted by Crippen LogP contribution is 2.24. The number of carboxylic acids is 1. The van der Waals surface area contributed by atoms with Gasteiger partial charge in [0.25, 0.3) is 0 Å². The number of hydrogen-bond donors (Lipinski definition) is 3. The van der Waals surface area contributed by atoms with E-state index < -0.39 is 16.0 Å². The summed E-state index contributed by atoms with van der Waals surface area (Å²) in [7, 11) is -3.74. The third-order valence-corrected chi connectivity index (χ3v) is 4.58. The molecular weight excluding hydrogens is 292 g/mol. The largest absolute Gasteiger partial charge is 0.478 e. The highest BCUT2D eigenvalue weighted by Gasteiger charge is 2.21. The molecule has 3 N–H and O–H groups in total. The van der Waals surface area contributed by atoms with Crippen molar-refractivity contribution in [2.24, 2.45) is 0 Å². The first-order valence-electron chi connectivity index (χ1n) is 6.95. The number of carbonyl (C=O) groups is 1. The van der Waals surface area contributed by atoms with Gasteiger partial charge in [-0.25, -0.2) is 17.9 Å². The molecule has 0 fully saturated rings. The molecular formula is C14H22N2O4S. The third-order valence-electron chi connectivity index (χ3n) is 3.07. The van der Waals surface area contributed by atoms with Gasteiger partial charge in [0.2, 0.25) is 10.0 Å². The average molecular weight is 314 g/mol. The molecule has 0 aromatic heterocycles. The second kappa shape index (κ2) is 7.42. The topological polar surface area (TPSA) is 95.5 Å². The molecule has 1 aromatic carbocycles. The van der Waals surface area contributed by atoms with E-state index in [1.54, 1.807) is 0 Å². The molecule has 0 amide bonds. The van der Waals surface area contributed by atoms with E-state index >= 15 is 0 Å². The van der Waals surface area contributed by atoms with Crippen LogP contribution in [0.4, 0.5) is 5.69 Å². The zero-order valence-electron chi connectivity index (χ0n) is 12.5. The Labute approximate surface area is 125 Å². The van der Waals surface area contributed by atoms with Crippen LogP contribution in [-0.2, 0) is 10.0 Å². The second-order valence-corrected chi connectivity index (χ2v) is 6.60. The number of carboxylic acid groups (broad SMARTS) is 1. The Balaban J connectivity index is 3.28. The van der Waals surface area contributed by atoms with E-state index in [4.69, 9.17) is 5.11 Å². The predicted molar refractivity (Wildman–Crippen MR) is 82.3 cm³/mol. The minimum atomic E-state index is -3.74. The van der Waals surface area contributed by atoms with Crippen molar-refractivity contribution in [1.29, 1.82) is 0 Å². The summed E-state index contributed by atoms with van der Waals surface area (Å²) in [5.41, 5.74) is 0.361.